The molecular weight excluding hydrogens is 274 g/mol. The molecule has 7 heteroatoms. The number of hydrogen-bond acceptors (Lipinski definition) is 4. The van der Waals surface area contributed by atoms with Gasteiger partial charge in [-0.25, -0.2) is 9.59 Å². The summed E-state index contributed by atoms with van der Waals surface area (Å²) >= 11 is 0. The van der Waals surface area contributed by atoms with Crippen molar-refractivity contribution in [2.75, 3.05) is 5.73 Å². The van der Waals surface area contributed by atoms with Gasteiger partial charge in [0.1, 0.15) is 0 Å². The molecule has 0 radical (unpaired) electrons. The molecule has 7 nitrogen and oxygen atoms in total. The number of aromatic nitrogens is 2. The van der Waals surface area contributed by atoms with Crippen molar-refractivity contribution in [3.63, 3.8) is 0 Å². The monoisotopic (exact) mass is 289 g/mol. The molecule has 110 valence electrons. The van der Waals surface area contributed by atoms with Gasteiger partial charge < -0.3 is 10.8 Å². The van der Waals surface area contributed by atoms with E-state index in [9.17, 15) is 19.5 Å². The van der Waals surface area contributed by atoms with Crippen LogP contribution in [0.5, 0.6) is 0 Å². The summed E-state index contributed by atoms with van der Waals surface area (Å²) in [5, 5.41) is 9.21. The van der Waals surface area contributed by atoms with E-state index in [0.29, 0.717) is 17.5 Å². The van der Waals surface area contributed by atoms with E-state index in [2.05, 4.69) is 4.98 Å². The van der Waals surface area contributed by atoms with Gasteiger partial charge in [0, 0.05) is 17.4 Å². The molecule has 0 aliphatic rings. The Hall–Kier alpha value is -2.83. The highest BCUT2D eigenvalue weighted by Crippen LogP contribution is 2.17. The third-order valence-corrected chi connectivity index (χ3v) is 3.20. The SMILES string of the molecule is CCc1cn(Cc2cccc(N)c2C(=O)O)c(=O)[nH]c1=O. The zero-order chi connectivity index (χ0) is 15.6. The summed E-state index contributed by atoms with van der Waals surface area (Å²) in [5.41, 5.74) is 5.61. The minimum Gasteiger partial charge on any atom is -0.478 e. The third kappa shape index (κ3) is 2.86. The Kier molecular flexibility index (Phi) is 3.93. The Morgan fingerprint density at radius 3 is 2.67 bits per heavy atom. The quantitative estimate of drug-likeness (QED) is 0.705. The van der Waals surface area contributed by atoms with Crippen molar-refractivity contribution in [1.29, 1.82) is 0 Å². The molecule has 0 fully saturated rings. The fourth-order valence-electron chi connectivity index (χ4n) is 2.12. The first-order chi connectivity index (χ1) is 9.93. The predicted octanol–water partition coefficient (Wildman–Crippen LogP) is 0.428. The summed E-state index contributed by atoms with van der Waals surface area (Å²) in [5.74, 6) is -1.16. The van der Waals surface area contributed by atoms with Gasteiger partial charge in [0.2, 0.25) is 0 Å². The van der Waals surface area contributed by atoms with E-state index in [0.717, 1.165) is 0 Å². The molecule has 1 heterocycles. The van der Waals surface area contributed by atoms with Crippen LogP contribution in [0.25, 0.3) is 0 Å². The largest absolute Gasteiger partial charge is 0.478 e. The van der Waals surface area contributed by atoms with Crippen LogP contribution >= 0.6 is 0 Å². The van der Waals surface area contributed by atoms with Crippen molar-refractivity contribution in [1.82, 2.24) is 9.55 Å². The van der Waals surface area contributed by atoms with Crippen molar-refractivity contribution in [2.45, 2.75) is 19.9 Å². The zero-order valence-corrected chi connectivity index (χ0v) is 11.4. The minimum absolute atomic E-state index is 0.0231. The van der Waals surface area contributed by atoms with Gasteiger partial charge in [-0.1, -0.05) is 19.1 Å². The lowest BCUT2D eigenvalue weighted by Crippen LogP contribution is -2.32. The number of nitrogens with two attached hydrogens (primary N) is 1. The van der Waals surface area contributed by atoms with Crippen LogP contribution < -0.4 is 17.0 Å². The second-order valence-corrected chi connectivity index (χ2v) is 4.58. The second kappa shape index (κ2) is 5.66. The molecule has 21 heavy (non-hydrogen) atoms. The standard InChI is InChI=1S/C14H15N3O4/c1-2-8-6-17(14(21)16-12(8)18)7-9-4-3-5-10(15)11(9)13(19)20/h3-6H,2,7,15H2,1H3,(H,19,20)(H,16,18,21). The third-order valence-electron chi connectivity index (χ3n) is 3.20. The van der Waals surface area contributed by atoms with Crippen LogP contribution in [0.2, 0.25) is 0 Å². The highest BCUT2D eigenvalue weighted by Gasteiger charge is 2.14. The number of nitrogens with one attached hydrogen (secondary N) is 1. The van der Waals surface area contributed by atoms with Gasteiger partial charge in [-0.2, -0.15) is 0 Å². The van der Waals surface area contributed by atoms with Crippen molar-refractivity contribution >= 4 is 11.7 Å². The number of hydrogen-bond donors (Lipinski definition) is 3. The topological polar surface area (TPSA) is 118 Å². The van der Waals surface area contributed by atoms with Crippen LogP contribution in [0.1, 0.15) is 28.4 Å². The average molecular weight is 289 g/mol. The average Bonchev–Trinajstić information content (AvgIpc) is 2.41. The van der Waals surface area contributed by atoms with Crippen LogP contribution in [-0.2, 0) is 13.0 Å². The fraction of sp³-hybridized carbons (Fsp3) is 0.214. The molecule has 0 aliphatic heterocycles. The summed E-state index contributed by atoms with van der Waals surface area (Å²) < 4.78 is 1.27. The van der Waals surface area contributed by atoms with E-state index in [-0.39, 0.29) is 17.8 Å². The Balaban J connectivity index is 2.53. The van der Waals surface area contributed by atoms with Gasteiger partial charge in [-0.05, 0) is 18.1 Å². The normalized spacial score (nSPS) is 10.5. The first kappa shape index (κ1) is 14.6. The van der Waals surface area contributed by atoms with E-state index in [4.69, 9.17) is 5.73 Å². The summed E-state index contributed by atoms with van der Waals surface area (Å²) in [6.45, 7) is 1.82. The molecule has 1 aromatic heterocycles. The number of aryl methyl sites for hydroxylation is 1. The number of benzene rings is 1. The fourth-order valence-corrected chi connectivity index (χ4v) is 2.12. The number of aromatic amines is 1. The lowest BCUT2D eigenvalue weighted by atomic mass is 10.1. The van der Waals surface area contributed by atoms with Gasteiger partial charge >= 0.3 is 11.7 Å². The van der Waals surface area contributed by atoms with Gasteiger partial charge in [0.15, 0.2) is 0 Å². The van der Waals surface area contributed by atoms with E-state index in [1.165, 1.54) is 16.8 Å². The molecule has 0 saturated heterocycles. The summed E-state index contributed by atoms with van der Waals surface area (Å²) in [4.78, 5) is 36.8. The van der Waals surface area contributed by atoms with Crippen molar-refractivity contribution in [3.05, 3.63) is 61.9 Å². The highest BCUT2D eigenvalue weighted by molar-refractivity contribution is 5.95. The summed E-state index contributed by atoms with van der Waals surface area (Å²) in [6.07, 6.45) is 1.91. The van der Waals surface area contributed by atoms with Crippen molar-refractivity contribution in [2.24, 2.45) is 0 Å². The maximum Gasteiger partial charge on any atom is 0.338 e. The molecular formula is C14H15N3O4. The molecule has 1 aromatic carbocycles. The number of carboxylic acid groups (broad SMARTS) is 1. The molecule has 0 saturated carbocycles. The molecule has 0 aliphatic carbocycles. The van der Waals surface area contributed by atoms with Crippen LogP contribution in [-0.4, -0.2) is 20.6 Å². The molecule has 0 unspecified atom stereocenters. The molecule has 0 bridgehead atoms. The van der Waals surface area contributed by atoms with Gasteiger partial charge in [0.05, 0.1) is 12.1 Å². The second-order valence-electron chi connectivity index (χ2n) is 4.58. The number of aromatic carboxylic acids is 1. The summed E-state index contributed by atoms with van der Waals surface area (Å²) in [7, 11) is 0. The van der Waals surface area contributed by atoms with Crippen molar-refractivity contribution < 1.29 is 9.90 Å². The first-order valence-corrected chi connectivity index (χ1v) is 6.37. The lowest BCUT2D eigenvalue weighted by molar-refractivity contribution is 0.0696. The van der Waals surface area contributed by atoms with E-state index in [1.807, 2.05) is 0 Å². The molecule has 2 aromatic rings. The maximum absolute atomic E-state index is 11.8. The Labute approximate surface area is 119 Å². The Morgan fingerprint density at radius 1 is 1.33 bits per heavy atom. The van der Waals surface area contributed by atoms with Crippen LogP contribution in [0.3, 0.4) is 0 Å². The predicted molar refractivity (Wildman–Crippen MR) is 77.6 cm³/mol. The molecule has 2 rings (SSSR count). The molecule has 0 spiro atoms. The number of carbonyl (C=O) groups is 1. The zero-order valence-electron chi connectivity index (χ0n) is 11.4. The van der Waals surface area contributed by atoms with E-state index >= 15 is 0 Å². The Morgan fingerprint density at radius 2 is 2.05 bits per heavy atom. The first-order valence-electron chi connectivity index (χ1n) is 6.37. The maximum atomic E-state index is 11.8. The van der Waals surface area contributed by atoms with E-state index < -0.39 is 17.2 Å². The minimum atomic E-state index is -1.16. The Bertz CT molecular complexity index is 805. The number of nitrogens with zero attached hydrogens (tertiary/aromatic N) is 1. The van der Waals surface area contributed by atoms with Crippen LogP contribution in [0.15, 0.2) is 34.0 Å². The van der Waals surface area contributed by atoms with Crippen molar-refractivity contribution in [3.8, 4) is 0 Å². The smallest absolute Gasteiger partial charge is 0.338 e. The number of rotatable bonds is 4. The number of nitrogen functional groups attached to an aromatic ring is 1. The molecule has 0 amide bonds. The van der Waals surface area contributed by atoms with Crippen LogP contribution in [0.4, 0.5) is 5.69 Å². The summed E-state index contributed by atoms with van der Waals surface area (Å²) in [6, 6.07) is 4.69. The van der Waals surface area contributed by atoms with Crippen LogP contribution in [0, 0.1) is 0 Å². The van der Waals surface area contributed by atoms with Gasteiger partial charge in [-0.15, -0.1) is 0 Å². The van der Waals surface area contributed by atoms with Gasteiger partial charge in [0.25, 0.3) is 5.56 Å². The number of carboxylic acids is 1. The van der Waals surface area contributed by atoms with Gasteiger partial charge in [-0.3, -0.25) is 14.3 Å². The number of anilines is 1. The number of H-pyrrole nitrogens is 1. The molecule has 4 N–H and O–H groups in total. The lowest BCUT2D eigenvalue weighted by Gasteiger charge is -2.11. The van der Waals surface area contributed by atoms with E-state index in [1.54, 1.807) is 19.1 Å². The highest BCUT2D eigenvalue weighted by atomic mass is 16.4. The molecule has 0 atom stereocenters.